The third-order valence-corrected chi connectivity index (χ3v) is 1.80. The quantitative estimate of drug-likeness (QED) is 0.548. The Morgan fingerprint density at radius 3 is 3.00 bits per heavy atom. The second kappa shape index (κ2) is 2.38. The molecule has 0 amide bonds. The molecule has 0 fully saturated rings. The van der Waals surface area contributed by atoms with Crippen molar-refractivity contribution in [1.29, 1.82) is 0 Å². The van der Waals surface area contributed by atoms with Crippen molar-refractivity contribution >= 4 is 5.71 Å². The lowest BCUT2D eigenvalue weighted by Gasteiger charge is -2.14. The van der Waals surface area contributed by atoms with Gasteiger partial charge in [0.1, 0.15) is 5.75 Å². The average molecular weight is 147 g/mol. The summed E-state index contributed by atoms with van der Waals surface area (Å²) >= 11 is 0. The fourth-order valence-electron chi connectivity index (χ4n) is 1.18. The molecule has 2 heteroatoms. The molecule has 1 heterocycles. The Kier molecular flexibility index (Phi) is 1.39. The van der Waals surface area contributed by atoms with E-state index in [0.29, 0.717) is 6.73 Å². The summed E-state index contributed by atoms with van der Waals surface area (Å²) in [6, 6.07) is 7.95. The van der Waals surface area contributed by atoms with Gasteiger partial charge in [0.2, 0.25) is 0 Å². The molecule has 2 rings (SSSR count). The fraction of sp³-hybridized carbons (Fsp3) is 0.222. The molecule has 11 heavy (non-hydrogen) atoms. The summed E-state index contributed by atoms with van der Waals surface area (Å²) in [4.78, 5) is 4.17. The zero-order valence-electron chi connectivity index (χ0n) is 6.37. The van der Waals surface area contributed by atoms with E-state index < -0.39 is 0 Å². The zero-order chi connectivity index (χ0) is 7.68. The molecule has 0 N–H and O–H groups in total. The lowest BCUT2D eigenvalue weighted by atomic mass is 10.1. The number of hydrogen-bond donors (Lipinski definition) is 0. The number of aliphatic imine (C=N–C) groups is 1. The first-order valence-corrected chi connectivity index (χ1v) is 3.61. The molecular formula is C9H9NO. The van der Waals surface area contributed by atoms with Gasteiger partial charge in [-0.3, -0.25) is 0 Å². The number of rotatable bonds is 0. The summed E-state index contributed by atoms with van der Waals surface area (Å²) in [5, 5.41) is 0. The Bertz CT molecular complexity index is 304. The van der Waals surface area contributed by atoms with Gasteiger partial charge in [0.05, 0.1) is 0 Å². The second-order valence-corrected chi connectivity index (χ2v) is 2.51. The van der Waals surface area contributed by atoms with Crippen LogP contribution in [0.3, 0.4) is 0 Å². The molecule has 1 aliphatic heterocycles. The minimum Gasteiger partial charge on any atom is -0.471 e. The Labute approximate surface area is 65.5 Å². The fourth-order valence-corrected chi connectivity index (χ4v) is 1.18. The minimum atomic E-state index is 0.461. The van der Waals surface area contributed by atoms with Crippen molar-refractivity contribution in [3.8, 4) is 5.75 Å². The van der Waals surface area contributed by atoms with Crippen LogP contribution in [0, 0.1) is 0 Å². The Morgan fingerprint density at radius 2 is 2.18 bits per heavy atom. The van der Waals surface area contributed by atoms with Crippen molar-refractivity contribution in [2.24, 2.45) is 4.99 Å². The van der Waals surface area contributed by atoms with Crippen LogP contribution in [-0.2, 0) is 0 Å². The third kappa shape index (κ3) is 1.00. The van der Waals surface area contributed by atoms with E-state index in [2.05, 4.69) is 4.99 Å². The van der Waals surface area contributed by atoms with E-state index in [1.165, 1.54) is 0 Å². The van der Waals surface area contributed by atoms with E-state index in [1.807, 2.05) is 31.2 Å². The molecule has 0 unspecified atom stereocenters. The van der Waals surface area contributed by atoms with E-state index >= 15 is 0 Å². The molecule has 0 aromatic heterocycles. The van der Waals surface area contributed by atoms with Gasteiger partial charge in [-0.15, -0.1) is 0 Å². The van der Waals surface area contributed by atoms with E-state index in [1.54, 1.807) is 0 Å². The molecule has 1 aromatic rings. The van der Waals surface area contributed by atoms with Gasteiger partial charge in [0.25, 0.3) is 0 Å². The lowest BCUT2D eigenvalue weighted by Crippen LogP contribution is -2.09. The Hall–Kier alpha value is -1.31. The third-order valence-electron chi connectivity index (χ3n) is 1.80. The summed E-state index contributed by atoms with van der Waals surface area (Å²) in [6.07, 6.45) is 0. The topological polar surface area (TPSA) is 21.6 Å². The largest absolute Gasteiger partial charge is 0.471 e. The molecule has 0 spiro atoms. The second-order valence-electron chi connectivity index (χ2n) is 2.51. The van der Waals surface area contributed by atoms with E-state index in [-0.39, 0.29) is 0 Å². The van der Waals surface area contributed by atoms with Crippen LogP contribution in [0.25, 0.3) is 0 Å². The number of ether oxygens (including phenoxy) is 1. The molecule has 1 aromatic carbocycles. The van der Waals surface area contributed by atoms with Crippen molar-refractivity contribution in [1.82, 2.24) is 0 Å². The van der Waals surface area contributed by atoms with Crippen LogP contribution in [0.2, 0.25) is 0 Å². The number of fused-ring (bicyclic) bond motifs is 1. The van der Waals surface area contributed by atoms with Crippen LogP contribution in [0.15, 0.2) is 29.3 Å². The normalized spacial score (nSPS) is 14.8. The van der Waals surface area contributed by atoms with Gasteiger partial charge < -0.3 is 4.74 Å². The van der Waals surface area contributed by atoms with Crippen LogP contribution in [0.1, 0.15) is 12.5 Å². The molecule has 56 valence electrons. The van der Waals surface area contributed by atoms with Gasteiger partial charge in [0.15, 0.2) is 6.73 Å². The molecular weight excluding hydrogens is 138 g/mol. The first-order chi connectivity index (χ1) is 5.38. The minimum absolute atomic E-state index is 0.461. The maximum absolute atomic E-state index is 5.31. The van der Waals surface area contributed by atoms with Crippen molar-refractivity contribution in [3.63, 3.8) is 0 Å². The van der Waals surface area contributed by atoms with Crippen molar-refractivity contribution < 1.29 is 4.74 Å². The van der Waals surface area contributed by atoms with Crippen molar-refractivity contribution in [2.75, 3.05) is 6.73 Å². The summed E-state index contributed by atoms with van der Waals surface area (Å²) in [5.41, 5.74) is 2.17. The number of hydrogen-bond acceptors (Lipinski definition) is 2. The Morgan fingerprint density at radius 1 is 1.36 bits per heavy atom. The van der Waals surface area contributed by atoms with Gasteiger partial charge >= 0.3 is 0 Å². The maximum Gasteiger partial charge on any atom is 0.179 e. The number of nitrogens with zero attached hydrogens (tertiary/aromatic N) is 1. The van der Waals surface area contributed by atoms with Crippen LogP contribution in [0.5, 0.6) is 5.75 Å². The molecule has 0 radical (unpaired) electrons. The van der Waals surface area contributed by atoms with E-state index in [9.17, 15) is 0 Å². The molecule has 1 aliphatic rings. The van der Waals surface area contributed by atoms with Gasteiger partial charge in [-0.05, 0) is 19.1 Å². The molecule has 0 saturated carbocycles. The molecule has 0 bridgehead atoms. The molecule has 2 nitrogen and oxygen atoms in total. The van der Waals surface area contributed by atoms with E-state index in [4.69, 9.17) is 4.74 Å². The van der Waals surface area contributed by atoms with Gasteiger partial charge in [-0.25, -0.2) is 4.99 Å². The smallest absolute Gasteiger partial charge is 0.179 e. The first kappa shape index (κ1) is 6.40. The van der Waals surface area contributed by atoms with Gasteiger partial charge in [-0.2, -0.15) is 0 Å². The standard InChI is InChI=1S/C9H9NO/c1-7-8-4-2-3-5-9(8)11-6-10-7/h2-5H,6H2,1H3. The molecule has 0 saturated heterocycles. The highest BCUT2D eigenvalue weighted by molar-refractivity contribution is 6.01. The van der Waals surface area contributed by atoms with Crippen molar-refractivity contribution in [3.05, 3.63) is 29.8 Å². The predicted octanol–water partition coefficient (Wildman–Crippen LogP) is 1.85. The predicted molar refractivity (Wildman–Crippen MR) is 44.1 cm³/mol. The summed E-state index contributed by atoms with van der Waals surface area (Å²) in [5.74, 6) is 0.944. The first-order valence-electron chi connectivity index (χ1n) is 3.61. The summed E-state index contributed by atoms with van der Waals surface area (Å²) < 4.78 is 5.31. The summed E-state index contributed by atoms with van der Waals surface area (Å²) in [7, 11) is 0. The average Bonchev–Trinajstić information content (AvgIpc) is 2.06. The lowest BCUT2D eigenvalue weighted by molar-refractivity contribution is 0.325. The van der Waals surface area contributed by atoms with Crippen molar-refractivity contribution in [2.45, 2.75) is 6.92 Å². The maximum atomic E-state index is 5.31. The number of benzene rings is 1. The highest BCUT2D eigenvalue weighted by Gasteiger charge is 2.08. The van der Waals surface area contributed by atoms with Crippen LogP contribution < -0.4 is 4.74 Å². The molecule has 0 aliphatic carbocycles. The highest BCUT2D eigenvalue weighted by Crippen LogP contribution is 2.21. The van der Waals surface area contributed by atoms with Crippen LogP contribution in [-0.4, -0.2) is 12.4 Å². The van der Waals surface area contributed by atoms with Gasteiger partial charge in [-0.1, -0.05) is 12.1 Å². The monoisotopic (exact) mass is 147 g/mol. The van der Waals surface area contributed by atoms with Crippen LogP contribution >= 0.6 is 0 Å². The van der Waals surface area contributed by atoms with E-state index in [0.717, 1.165) is 17.0 Å². The van der Waals surface area contributed by atoms with Gasteiger partial charge in [0, 0.05) is 11.3 Å². The highest BCUT2D eigenvalue weighted by atomic mass is 16.5. The zero-order valence-corrected chi connectivity index (χ0v) is 6.37. The SMILES string of the molecule is CC1=NCOc2ccccc21. The Balaban J connectivity index is 2.56. The summed E-state index contributed by atoms with van der Waals surface area (Å²) in [6.45, 7) is 2.46. The number of para-hydroxylation sites is 1. The molecule has 0 atom stereocenters. The van der Waals surface area contributed by atoms with Crippen LogP contribution in [0.4, 0.5) is 0 Å².